The Labute approximate surface area is 155 Å². The Kier molecular flexibility index (Phi) is 4.62. The lowest BCUT2D eigenvalue weighted by Crippen LogP contribution is -2.20. The van der Waals surface area contributed by atoms with Crippen LogP contribution in [0.3, 0.4) is 0 Å². The van der Waals surface area contributed by atoms with Gasteiger partial charge in [-0.3, -0.25) is 0 Å². The minimum Gasteiger partial charge on any atom is -0.508 e. The van der Waals surface area contributed by atoms with Gasteiger partial charge in [0.2, 0.25) is 0 Å². The number of rotatable bonds is 3. The molecule has 0 saturated heterocycles. The van der Waals surface area contributed by atoms with Crippen molar-refractivity contribution >= 4 is 6.08 Å². The Morgan fingerprint density at radius 1 is 0.885 bits per heavy atom. The fourth-order valence-corrected chi connectivity index (χ4v) is 4.28. The highest BCUT2D eigenvalue weighted by atomic mass is 16.3. The normalized spacial score (nSPS) is 19.4. The van der Waals surface area contributed by atoms with Crippen molar-refractivity contribution in [1.29, 1.82) is 0 Å². The summed E-state index contributed by atoms with van der Waals surface area (Å²) in [6.07, 6.45) is 6.31. The number of aryl methyl sites for hydroxylation is 1. The average molecular weight is 340 g/mol. The van der Waals surface area contributed by atoms with Gasteiger partial charge in [0.15, 0.2) is 0 Å². The molecule has 0 aliphatic heterocycles. The van der Waals surface area contributed by atoms with Crippen molar-refractivity contribution in [2.45, 2.75) is 31.6 Å². The molecule has 0 amide bonds. The third kappa shape index (κ3) is 3.17. The number of aromatic hydroxyl groups is 1. The van der Waals surface area contributed by atoms with E-state index in [4.69, 9.17) is 0 Å². The summed E-state index contributed by atoms with van der Waals surface area (Å²) in [6, 6.07) is 25.7. The maximum atomic E-state index is 9.92. The Bertz CT molecular complexity index is 907. The zero-order valence-corrected chi connectivity index (χ0v) is 15.1. The van der Waals surface area contributed by atoms with Crippen molar-refractivity contribution in [2.24, 2.45) is 0 Å². The molecule has 0 fully saturated rings. The fourth-order valence-electron chi connectivity index (χ4n) is 4.28. The number of hydrogen-bond acceptors (Lipinski definition) is 1. The SMILES string of the molecule is C/C=C/c1ccc([C@H]2c3ccc(O)cc3CC[C@H]2c2ccccc2)cc1. The molecule has 26 heavy (non-hydrogen) atoms. The van der Waals surface area contributed by atoms with E-state index in [2.05, 4.69) is 72.8 Å². The summed E-state index contributed by atoms with van der Waals surface area (Å²) in [4.78, 5) is 0. The number of fused-ring (bicyclic) bond motifs is 1. The molecule has 0 spiro atoms. The molecule has 1 aliphatic carbocycles. The van der Waals surface area contributed by atoms with Gasteiger partial charge in [0.25, 0.3) is 0 Å². The lowest BCUT2D eigenvalue weighted by Gasteiger charge is -2.34. The minimum absolute atomic E-state index is 0.321. The van der Waals surface area contributed by atoms with Crippen LogP contribution in [0.25, 0.3) is 6.08 Å². The van der Waals surface area contributed by atoms with Gasteiger partial charge in [-0.25, -0.2) is 0 Å². The van der Waals surface area contributed by atoms with E-state index in [0.29, 0.717) is 17.6 Å². The molecule has 1 heteroatoms. The fraction of sp³-hybridized carbons (Fsp3) is 0.200. The van der Waals surface area contributed by atoms with Crippen molar-refractivity contribution in [3.63, 3.8) is 0 Å². The molecule has 0 bridgehead atoms. The van der Waals surface area contributed by atoms with Gasteiger partial charge in [-0.2, -0.15) is 0 Å². The Morgan fingerprint density at radius 3 is 2.38 bits per heavy atom. The number of allylic oxidation sites excluding steroid dienone is 1. The number of phenols is 1. The van der Waals surface area contributed by atoms with E-state index >= 15 is 0 Å². The van der Waals surface area contributed by atoms with Crippen LogP contribution in [0.1, 0.15) is 53.0 Å². The van der Waals surface area contributed by atoms with Crippen molar-refractivity contribution in [3.05, 3.63) is 107 Å². The molecule has 0 heterocycles. The first-order valence-electron chi connectivity index (χ1n) is 9.35. The second-order valence-corrected chi connectivity index (χ2v) is 7.08. The van der Waals surface area contributed by atoms with Crippen LogP contribution in [-0.2, 0) is 6.42 Å². The Balaban J connectivity index is 1.82. The summed E-state index contributed by atoms with van der Waals surface area (Å²) in [6.45, 7) is 2.04. The zero-order valence-electron chi connectivity index (χ0n) is 15.1. The van der Waals surface area contributed by atoms with Crippen LogP contribution in [0.4, 0.5) is 0 Å². The van der Waals surface area contributed by atoms with Gasteiger partial charge in [-0.1, -0.05) is 72.8 Å². The average Bonchev–Trinajstić information content (AvgIpc) is 2.68. The van der Waals surface area contributed by atoms with Crippen molar-refractivity contribution in [3.8, 4) is 5.75 Å². The maximum absolute atomic E-state index is 9.92. The highest BCUT2D eigenvalue weighted by Gasteiger charge is 2.31. The Morgan fingerprint density at radius 2 is 1.65 bits per heavy atom. The minimum atomic E-state index is 0.321. The van der Waals surface area contributed by atoms with Crippen LogP contribution in [0.2, 0.25) is 0 Å². The molecule has 0 saturated carbocycles. The summed E-state index contributed by atoms with van der Waals surface area (Å²) in [5.41, 5.74) is 6.60. The smallest absolute Gasteiger partial charge is 0.115 e. The molecule has 0 aromatic heterocycles. The molecular weight excluding hydrogens is 316 g/mol. The molecule has 4 rings (SSSR count). The largest absolute Gasteiger partial charge is 0.508 e. The molecule has 1 N–H and O–H groups in total. The maximum Gasteiger partial charge on any atom is 0.115 e. The van der Waals surface area contributed by atoms with Crippen LogP contribution in [0.15, 0.2) is 78.9 Å². The predicted octanol–water partition coefficient (Wildman–Crippen LogP) is 6.29. The summed E-state index contributed by atoms with van der Waals surface area (Å²) in [5, 5.41) is 9.92. The topological polar surface area (TPSA) is 20.2 Å². The van der Waals surface area contributed by atoms with Crippen molar-refractivity contribution in [1.82, 2.24) is 0 Å². The third-order valence-electron chi connectivity index (χ3n) is 5.47. The predicted molar refractivity (Wildman–Crippen MR) is 109 cm³/mol. The number of benzene rings is 3. The van der Waals surface area contributed by atoms with E-state index in [1.165, 1.54) is 27.8 Å². The molecular formula is C25H24O. The zero-order chi connectivity index (χ0) is 17.9. The summed E-state index contributed by atoms with van der Waals surface area (Å²) >= 11 is 0. The van der Waals surface area contributed by atoms with Gasteiger partial charge < -0.3 is 5.11 Å². The third-order valence-corrected chi connectivity index (χ3v) is 5.47. The Hall–Kier alpha value is -2.80. The summed E-state index contributed by atoms with van der Waals surface area (Å²) < 4.78 is 0. The molecule has 0 radical (unpaired) electrons. The van der Waals surface area contributed by atoms with Crippen LogP contribution < -0.4 is 0 Å². The highest BCUT2D eigenvalue weighted by Crippen LogP contribution is 2.46. The van der Waals surface area contributed by atoms with Crippen molar-refractivity contribution < 1.29 is 5.11 Å². The highest BCUT2D eigenvalue weighted by molar-refractivity contribution is 5.52. The molecule has 1 nitrogen and oxygen atoms in total. The van der Waals surface area contributed by atoms with E-state index in [9.17, 15) is 5.11 Å². The molecule has 130 valence electrons. The molecule has 1 aliphatic rings. The van der Waals surface area contributed by atoms with Gasteiger partial charge in [0.1, 0.15) is 5.75 Å². The first-order valence-corrected chi connectivity index (χ1v) is 9.35. The van der Waals surface area contributed by atoms with Gasteiger partial charge in [-0.05, 0) is 65.6 Å². The quantitative estimate of drug-likeness (QED) is 0.594. The van der Waals surface area contributed by atoms with Gasteiger partial charge >= 0.3 is 0 Å². The lowest BCUT2D eigenvalue weighted by molar-refractivity contribution is 0.469. The molecule has 3 aromatic rings. The second-order valence-electron chi connectivity index (χ2n) is 7.08. The van der Waals surface area contributed by atoms with Crippen molar-refractivity contribution in [2.75, 3.05) is 0 Å². The van der Waals surface area contributed by atoms with E-state index in [1.807, 2.05) is 19.1 Å². The monoisotopic (exact) mass is 340 g/mol. The standard InChI is InChI=1S/C25H24O/c1-2-6-18-9-11-20(12-10-18)25-23(19-7-4-3-5-8-19)15-13-21-17-22(26)14-16-24(21)25/h2-12,14,16-17,23,25-26H,13,15H2,1H3/b6-2+/t23-,25+/m0/s1. The van der Waals surface area contributed by atoms with Crippen LogP contribution in [0.5, 0.6) is 5.75 Å². The molecule has 2 atom stereocenters. The van der Waals surface area contributed by atoms with E-state index < -0.39 is 0 Å². The van der Waals surface area contributed by atoms with Gasteiger partial charge in [0.05, 0.1) is 0 Å². The summed E-state index contributed by atoms with van der Waals surface area (Å²) in [7, 11) is 0. The number of phenolic OH excluding ortho intramolecular Hbond substituents is 1. The van der Waals surface area contributed by atoms with E-state index in [0.717, 1.165) is 12.8 Å². The first kappa shape index (κ1) is 16.7. The van der Waals surface area contributed by atoms with Crippen LogP contribution >= 0.6 is 0 Å². The molecule has 0 unspecified atom stereocenters. The first-order chi connectivity index (χ1) is 12.8. The second kappa shape index (κ2) is 7.21. The molecule has 3 aromatic carbocycles. The van der Waals surface area contributed by atoms with E-state index in [-0.39, 0.29) is 0 Å². The van der Waals surface area contributed by atoms with Gasteiger partial charge in [0, 0.05) is 5.92 Å². The number of hydrogen-bond donors (Lipinski definition) is 1. The van der Waals surface area contributed by atoms with Crippen LogP contribution in [-0.4, -0.2) is 5.11 Å². The van der Waals surface area contributed by atoms with E-state index in [1.54, 1.807) is 0 Å². The van der Waals surface area contributed by atoms with Gasteiger partial charge in [-0.15, -0.1) is 0 Å². The van der Waals surface area contributed by atoms with Crippen LogP contribution in [0, 0.1) is 0 Å². The summed E-state index contributed by atoms with van der Waals surface area (Å²) in [5.74, 6) is 1.14. The lowest BCUT2D eigenvalue weighted by atomic mass is 9.69.